The van der Waals surface area contributed by atoms with Crippen molar-refractivity contribution >= 4 is 29.9 Å². The van der Waals surface area contributed by atoms with Crippen LogP contribution in [0.25, 0.3) is 0 Å². The van der Waals surface area contributed by atoms with Crippen molar-refractivity contribution in [3.8, 4) is 11.5 Å². The van der Waals surface area contributed by atoms with E-state index in [2.05, 4.69) is 43.1 Å². The van der Waals surface area contributed by atoms with E-state index >= 15 is 0 Å². The van der Waals surface area contributed by atoms with Crippen molar-refractivity contribution in [2.75, 3.05) is 40.5 Å². The van der Waals surface area contributed by atoms with E-state index in [-0.39, 0.29) is 29.4 Å². The van der Waals surface area contributed by atoms with Gasteiger partial charge in [-0.3, -0.25) is 4.99 Å². The van der Waals surface area contributed by atoms with Crippen LogP contribution in [0.3, 0.4) is 0 Å². The van der Waals surface area contributed by atoms with Crippen LogP contribution in [0.4, 0.5) is 0 Å². The van der Waals surface area contributed by atoms with E-state index in [0.29, 0.717) is 24.0 Å². The lowest BCUT2D eigenvalue weighted by molar-refractivity contribution is -0.107. The summed E-state index contributed by atoms with van der Waals surface area (Å²) >= 11 is 0. The summed E-state index contributed by atoms with van der Waals surface area (Å²) in [6.45, 7) is 10.4. The molecule has 1 saturated carbocycles. The summed E-state index contributed by atoms with van der Waals surface area (Å²) in [7, 11) is 3.41. The van der Waals surface area contributed by atoms with Crippen molar-refractivity contribution in [1.29, 1.82) is 0 Å². The number of methoxy groups -OCH3 is 2. The number of nitrogens with zero attached hydrogens (tertiary/aromatic N) is 2. The molecule has 0 amide bonds. The average molecular weight is 529 g/mol. The van der Waals surface area contributed by atoms with Gasteiger partial charge in [-0.2, -0.15) is 0 Å². The molecular formula is C23H36IN3O3. The zero-order valence-electron chi connectivity index (χ0n) is 18.8. The Hall–Kier alpha value is -1.22. The number of likely N-dealkylation sites (tertiary alicyclic amines) is 1. The fraction of sp³-hybridized carbons (Fsp3) is 0.696. The molecule has 2 heterocycles. The third-order valence-corrected chi connectivity index (χ3v) is 7.03. The van der Waals surface area contributed by atoms with Crippen molar-refractivity contribution in [2.24, 2.45) is 16.3 Å². The molecule has 3 fully saturated rings. The summed E-state index contributed by atoms with van der Waals surface area (Å²) in [4.78, 5) is 7.26. The van der Waals surface area contributed by atoms with Gasteiger partial charge >= 0.3 is 0 Å². The number of nitrogens with one attached hydrogen (secondary N) is 1. The average Bonchev–Trinajstić information content (AvgIpc) is 3.39. The summed E-state index contributed by atoms with van der Waals surface area (Å²) in [5, 5.41) is 3.82. The predicted octanol–water partition coefficient (Wildman–Crippen LogP) is 3.89. The highest BCUT2D eigenvalue weighted by atomic mass is 127. The molecule has 4 unspecified atom stereocenters. The molecule has 3 aliphatic rings. The van der Waals surface area contributed by atoms with Gasteiger partial charge in [0, 0.05) is 55.6 Å². The Morgan fingerprint density at radius 2 is 1.90 bits per heavy atom. The molecule has 2 aliphatic heterocycles. The maximum Gasteiger partial charge on any atom is 0.194 e. The fourth-order valence-corrected chi connectivity index (χ4v) is 5.43. The zero-order chi connectivity index (χ0) is 20.6. The summed E-state index contributed by atoms with van der Waals surface area (Å²) in [5.74, 6) is 3.80. The van der Waals surface area contributed by atoms with Crippen LogP contribution in [0.5, 0.6) is 11.5 Å². The van der Waals surface area contributed by atoms with Gasteiger partial charge in [-0.15, -0.1) is 24.0 Å². The Morgan fingerprint density at radius 3 is 2.53 bits per heavy atom. The number of ether oxygens (including phenoxy) is 3. The highest BCUT2D eigenvalue weighted by Gasteiger charge is 2.59. The molecule has 6 nitrogen and oxygen atoms in total. The lowest BCUT2D eigenvalue weighted by Gasteiger charge is -2.55. The number of halogens is 1. The lowest BCUT2D eigenvalue weighted by Crippen LogP contribution is -2.68. The second-order valence-electron chi connectivity index (χ2n) is 9.06. The van der Waals surface area contributed by atoms with Gasteiger partial charge in [0.2, 0.25) is 0 Å². The van der Waals surface area contributed by atoms with Crippen LogP contribution < -0.4 is 14.8 Å². The zero-order valence-corrected chi connectivity index (χ0v) is 21.1. The molecule has 1 N–H and O–H groups in total. The molecule has 1 aromatic carbocycles. The smallest absolute Gasteiger partial charge is 0.194 e. The largest absolute Gasteiger partial charge is 0.497 e. The normalized spacial score (nSPS) is 29.6. The van der Waals surface area contributed by atoms with E-state index in [4.69, 9.17) is 19.2 Å². The van der Waals surface area contributed by atoms with Crippen molar-refractivity contribution < 1.29 is 14.2 Å². The summed E-state index contributed by atoms with van der Waals surface area (Å²) in [6, 6.07) is 6.63. The van der Waals surface area contributed by atoms with Crippen LogP contribution in [0.1, 0.15) is 45.1 Å². The van der Waals surface area contributed by atoms with E-state index in [9.17, 15) is 0 Å². The first-order valence-electron chi connectivity index (χ1n) is 10.9. The molecule has 168 valence electrons. The van der Waals surface area contributed by atoms with Gasteiger partial charge in [0.25, 0.3) is 0 Å². The third kappa shape index (κ3) is 4.24. The van der Waals surface area contributed by atoms with Gasteiger partial charge < -0.3 is 24.4 Å². The second-order valence-corrected chi connectivity index (χ2v) is 9.06. The van der Waals surface area contributed by atoms with Crippen molar-refractivity contribution in [1.82, 2.24) is 10.2 Å². The monoisotopic (exact) mass is 529 g/mol. The molecule has 1 aromatic rings. The van der Waals surface area contributed by atoms with E-state index in [1.165, 1.54) is 5.56 Å². The number of rotatable bonds is 5. The molecule has 1 aliphatic carbocycles. The van der Waals surface area contributed by atoms with Crippen LogP contribution in [-0.2, 0) is 4.74 Å². The molecule has 0 radical (unpaired) electrons. The molecule has 0 spiro atoms. The Balaban J connectivity index is 0.00000256. The van der Waals surface area contributed by atoms with Crippen molar-refractivity contribution in [3.05, 3.63) is 23.8 Å². The first kappa shape index (κ1) is 23.4. The quantitative estimate of drug-likeness (QED) is 0.357. The number of hydrogen-bond donors (Lipinski definition) is 1. The number of guanidine groups is 1. The van der Waals surface area contributed by atoms with Gasteiger partial charge in [0.05, 0.1) is 20.3 Å². The Labute approximate surface area is 197 Å². The first-order chi connectivity index (χ1) is 14.0. The SMILES string of the molecule is CCN=C(NC1C2CCOC2C1(C)C)N1CCC(c2cc(OC)cc(OC)c2)C1.I. The second kappa shape index (κ2) is 9.51. The summed E-state index contributed by atoms with van der Waals surface area (Å²) in [5.41, 5.74) is 1.42. The minimum absolute atomic E-state index is 0. The molecular weight excluding hydrogens is 493 g/mol. The molecule has 30 heavy (non-hydrogen) atoms. The highest BCUT2D eigenvalue weighted by molar-refractivity contribution is 14.0. The van der Waals surface area contributed by atoms with E-state index in [0.717, 1.165) is 56.5 Å². The Morgan fingerprint density at radius 1 is 1.20 bits per heavy atom. The standard InChI is InChI=1S/C23H35N3O3.HI/c1-6-24-22(25-20-19-8-10-29-21(19)23(20,2)3)26-9-7-15(14-26)16-11-17(27-4)13-18(12-16)28-5;/h11-13,15,19-21H,6-10,14H2,1-5H3,(H,24,25);1H. The first-order valence-corrected chi connectivity index (χ1v) is 10.9. The minimum Gasteiger partial charge on any atom is -0.497 e. The maximum absolute atomic E-state index is 5.97. The number of aliphatic imine (C=N–C) groups is 1. The molecule has 4 atom stereocenters. The Bertz CT molecular complexity index is 748. The summed E-state index contributed by atoms with van der Waals surface area (Å²) < 4.78 is 16.9. The topological polar surface area (TPSA) is 55.3 Å². The van der Waals surface area contributed by atoms with Crippen LogP contribution in [-0.4, -0.2) is 63.5 Å². The minimum atomic E-state index is 0. The van der Waals surface area contributed by atoms with Gasteiger partial charge in [0.15, 0.2) is 5.96 Å². The summed E-state index contributed by atoms with van der Waals surface area (Å²) in [6.07, 6.45) is 2.64. The molecule has 2 saturated heterocycles. The molecule has 0 bridgehead atoms. The van der Waals surface area contributed by atoms with Crippen LogP contribution in [0.15, 0.2) is 23.2 Å². The van der Waals surface area contributed by atoms with Crippen LogP contribution in [0.2, 0.25) is 0 Å². The highest BCUT2D eigenvalue weighted by Crippen LogP contribution is 2.52. The fourth-order valence-electron chi connectivity index (χ4n) is 5.43. The predicted molar refractivity (Wildman–Crippen MR) is 130 cm³/mol. The third-order valence-electron chi connectivity index (χ3n) is 7.03. The Kier molecular flexibility index (Phi) is 7.43. The van der Waals surface area contributed by atoms with Crippen LogP contribution >= 0.6 is 24.0 Å². The van der Waals surface area contributed by atoms with E-state index in [1.807, 2.05) is 6.07 Å². The van der Waals surface area contributed by atoms with Crippen molar-refractivity contribution in [3.63, 3.8) is 0 Å². The number of hydrogen-bond acceptors (Lipinski definition) is 4. The van der Waals surface area contributed by atoms with Crippen LogP contribution in [0, 0.1) is 11.3 Å². The van der Waals surface area contributed by atoms with E-state index in [1.54, 1.807) is 14.2 Å². The number of benzene rings is 1. The van der Waals surface area contributed by atoms with Gasteiger partial charge in [-0.1, -0.05) is 13.8 Å². The van der Waals surface area contributed by atoms with Gasteiger partial charge in [-0.25, -0.2) is 0 Å². The number of fused-ring (bicyclic) bond motifs is 1. The van der Waals surface area contributed by atoms with Gasteiger partial charge in [0.1, 0.15) is 11.5 Å². The van der Waals surface area contributed by atoms with Gasteiger partial charge in [-0.05, 0) is 37.5 Å². The molecule has 0 aromatic heterocycles. The lowest BCUT2D eigenvalue weighted by atomic mass is 9.57. The van der Waals surface area contributed by atoms with E-state index < -0.39 is 0 Å². The molecule has 7 heteroatoms. The van der Waals surface area contributed by atoms with Crippen molar-refractivity contribution in [2.45, 2.75) is 51.7 Å². The molecule has 4 rings (SSSR count). The maximum atomic E-state index is 5.97.